The van der Waals surface area contributed by atoms with Crippen LogP contribution in [0.3, 0.4) is 0 Å². The van der Waals surface area contributed by atoms with Gasteiger partial charge in [-0.25, -0.2) is 0 Å². The molecule has 1 aromatic rings. The van der Waals surface area contributed by atoms with E-state index >= 15 is 0 Å². The van der Waals surface area contributed by atoms with Crippen molar-refractivity contribution in [2.45, 2.75) is 32.8 Å². The summed E-state index contributed by atoms with van der Waals surface area (Å²) in [5.41, 5.74) is 0.352. The molecule has 2 bridgehead atoms. The molecule has 0 N–H and O–H groups in total. The van der Waals surface area contributed by atoms with Gasteiger partial charge in [-0.05, 0) is 57.2 Å². The highest BCUT2D eigenvalue weighted by Gasteiger charge is 2.59. The Morgan fingerprint density at radius 1 is 1.15 bits per heavy atom. The molecular formula is C20H21BrN2O3. The molecule has 6 heteroatoms. The molecule has 5 nitrogen and oxygen atoms in total. The largest absolute Gasteiger partial charge is 0.487 e. The third-order valence-corrected chi connectivity index (χ3v) is 5.64. The van der Waals surface area contributed by atoms with E-state index in [-0.39, 0.29) is 41.1 Å². The van der Waals surface area contributed by atoms with Gasteiger partial charge in [0, 0.05) is 10.0 Å². The molecule has 0 aromatic heterocycles. The third-order valence-electron chi connectivity index (χ3n) is 5.15. The van der Waals surface area contributed by atoms with E-state index in [0.29, 0.717) is 11.3 Å². The van der Waals surface area contributed by atoms with Crippen molar-refractivity contribution in [2.75, 3.05) is 0 Å². The molecule has 0 radical (unpaired) electrons. The van der Waals surface area contributed by atoms with Crippen molar-refractivity contribution in [3.05, 3.63) is 40.4 Å². The number of halogens is 1. The second-order valence-electron chi connectivity index (χ2n) is 8.13. The molecule has 1 aromatic carbocycles. The summed E-state index contributed by atoms with van der Waals surface area (Å²) in [4.78, 5) is 25.4. The Labute approximate surface area is 161 Å². The Balaban J connectivity index is 1.60. The molecule has 4 atom stereocenters. The van der Waals surface area contributed by atoms with Crippen LogP contribution in [0.1, 0.15) is 32.8 Å². The van der Waals surface area contributed by atoms with Crippen LogP contribution >= 0.6 is 15.9 Å². The third kappa shape index (κ3) is 2.90. The van der Waals surface area contributed by atoms with Gasteiger partial charge in [-0.15, -0.1) is 0 Å². The molecule has 0 spiro atoms. The Morgan fingerprint density at radius 2 is 1.77 bits per heavy atom. The van der Waals surface area contributed by atoms with Crippen molar-refractivity contribution in [1.82, 2.24) is 5.01 Å². The van der Waals surface area contributed by atoms with E-state index in [2.05, 4.69) is 33.2 Å². The first-order valence-corrected chi connectivity index (χ1v) is 9.62. The highest BCUT2D eigenvalue weighted by Crippen LogP contribution is 2.52. The predicted molar refractivity (Wildman–Crippen MR) is 102 cm³/mol. The van der Waals surface area contributed by atoms with Gasteiger partial charge in [-0.2, -0.15) is 10.1 Å². The summed E-state index contributed by atoms with van der Waals surface area (Å²) in [7, 11) is 0. The minimum atomic E-state index is -0.363. The van der Waals surface area contributed by atoms with Crippen molar-refractivity contribution in [2.24, 2.45) is 28.8 Å². The first kappa shape index (κ1) is 17.5. The number of benzene rings is 1. The number of carbonyl (C=O) groups excluding carboxylic acids is 2. The van der Waals surface area contributed by atoms with E-state index in [1.807, 2.05) is 39.0 Å². The first-order valence-electron chi connectivity index (χ1n) is 8.83. The normalized spacial score (nSPS) is 29.9. The number of allylic oxidation sites excluding steroid dienone is 2. The number of carbonyl (C=O) groups is 2. The molecule has 2 amide bonds. The smallest absolute Gasteiger partial charge is 0.254 e. The number of hydrogen-bond acceptors (Lipinski definition) is 4. The Hall–Kier alpha value is -1.95. The number of amides is 2. The lowest BCUT2D eigenvalue weighted by Crippen LogP contribution is -2.28. The van der Waals surface area contributed by atoms with Crippen molar-refractivity contribution in [1.29, 1.82) is 0 Å². The SMILES string of the molecule is CC(C)(C)Oc1ccc(Br)cc1C=NN1C(=O)[C@@H]2[C@H](C1=O)[C@H]1C=C[C@H]2C1. The Morgan fingerprint density at radius 3 is 2.35 bits per heavy atom. The van der Waals surface area contributed by atoms with Gasteiger partial charge in [-0.1, -0.05) is 28.1 Å². The number of hydrogen-bond donors (Lipinski definition) is 0. The highest BCUT2D eigenvalue weighted by molar-refractivity contribution is 9.10. The molecule has 0 unspecified atom stereocenters. The van der Waals surface area contributed by atoms with Crippen molar-refractivity contribution in [3.63, 3.8) is 0 Å². The van der Waals surface area contributed by atoms with Gasteiger partial charge in [0.05, 0.1) is 18.1 Å². The standard InChI is InChI=1S/C20H21BrN2O3/c1-20(2,3)26-15-7-6-14(21)9-13(15)10-22-23-18(24)16-11-4-5-12(8-11)17(16)19(23)25/h4-7,9-12,16-17H,8H2,1-3H3/t11-,12-,16-,17+/m0/s1. The highest BCUT2D eigenvalue weighted by atomic mass is 79.9. The number of hydrazone groups is 1. The molecule has 2 aliphatic carbocycles. The number of rotatable bonds is 3. The molecular weight excluding hydrogens is 396 g/mol. The van der Waals surface area contributed by atoms with E-state index < -0.39 is 0 Å². The van der Waals surface area contributed by atoms with Gasteiger partial charge in [0.25, 0.3) is 11.8 Å². The summed E-state index contributed by atoms with van der Waals surface area (Å²) in [6.45, 7) is 5.90. The summed E-state index contributed by atoms with van der Waals surface area (Å²) in [6, 6.07) is 5.60. The zero-order valence-corrected chi connectivity index (χ0v) is 16.6. The molecule has 4 rings (SSSR count). The van der Waals surface area contributed by atoms with Crippen LogP contribution in [0, 0.1) is 23.7 Å². The van der Waals surface area contributed by atoms with Gasteiger partial charge >= 0.3 is 0 Å². The lowest BCUT2D eigenvalue weighted by atomic mass is 9.85. The maximum absolute atomic E-state index is 12.7. The van der Waals surface area contributed by atoms with E-state index in [0.717, 1.165) is 15.9 Å². The Bertz CT molecular complexity index is 810. The van der Waals surface area contributed by atoms with Gasteiger partial charge in [-0.3, -0.25) is 9.59 Å². The van der Waals surface area contributed by atoms with Crippen LogP contribution in [0.5, 0.6) is 5.75 Å². The number of imide groups is 1. The molecule has 1 saturated carbocycles. The predicted octanol–water partition coefficient (Wildman–Crippen LogP) is 3.77. The minimum absolute atomic E-state index is 0.179. The molecule has 3 aliphatic rings. The van der Waals surface area contributed by atoms with Crippen LogP contribution in [0.4, 0.5) is 0 Å². The van der Waals surface area contributed by atoms with E-state index in [1.54, 1.807) is 0 Å². The first-order chi connectivity index (χ1) is 12.2. The number of fused-ring (bicyclic) bond motifs is 5. The summed E-state index contributed by atoms with van der Waals surface area (Å²) >= 11 is 3.44. The van der Waals surface area contributed by atoms with Crippen LogP contribution in [0.15, 0.2) is 39.9 Å². The van der Waals surface area contributed by atoms with Crippen LogP contribution < -0.4 is 4.74 Å². The molecule has 2 fully saturated rings. The van der Waals surface area contributed by atoms with Gasteiger partial charge in [0.15, 0.2) is 0 Å². The summed E-state index contributed by atoms with van der Waals surface area (Å²) < 4.78 is 6.84. The zero-order valence-electron chi connectivity index (χ0n) is 15.0. The lowest BCUT2D eigenvalue weighted by molar-refractivity contribution is -0.140. The van der Waals surface area contributed by atoms with Crippen molar-refractivity contribution in [3.8, 4) is 5.75 Å². The van der Waals surface area contributed by atoms with Crippen LogP contribution in [0.25, 0.3) is 0 Å². The molecule has 26 heavy (non-hydrogen) atoms. The average molecular weight is 417 g/mol. The Kier molecular flexibility index (Phi) is 4.06. The van der Waals surface area contributed by atoms with E-state index in [4.69, 9.17) is 4.74 Å². The van der Waals surface area contributed by atoms with Crippen molar-refractivity contribution >= 4 is 34.0 Å². The second-order valence-corrected chi connectivity index (χ2v) is 9.04. The zero-order chi connectivity index (χ0) is 18.6. The summed E-state index contributed by atoms with van der Waals surface area (Å²) in [5.74, 6) is 0.206. The van der Waals surface area contributed by atoms with Crippen LogP contribution in [0.2, 0.25) is 0 Å². The maximum Gasteiger partial charge on any atom is 0.254 e. The van der Waals surface area contributed by atoms with E-state index in [9.17, 15) is 9.59 Å². The molecule has 1 aliphatic heterocycles. The van der Waals surface area contributed by atoms with Crippen LogP contribution in [-0.4, -0.2) is 28.6 Å². The monoisotopic (exact) mass is 416 g/mol. The fourth-order valence-electron chi connectivity index (χ4n) is 4.16. The lowest BCUT2D eigenvalue weighted by Gasteiger charge is -2.22. The fraction of sp³-hybridized carbons (Fsp3) is 0.450. The molecule has 1 heterocycles. The van der Waals surface area contributed by atoms with Gasteiger partial charge in [0.1, 0.15) is 11.4 Å². The molecule has 136 valence electrons. The van der Waals surface area contributed by atoms with Crippen LogP contribution in [-0.2, 0) is 9.59 Å². The van der Waals surface area contributed by atoms with Gasteiger partial charge in [0.2, 0.25) is 0 Å². The van der Waals surface area contributed by atoms with Crippen molar-refractivity contribution < 1.29 is 14.3 Å². The number of ether oxygens (including phenoxy) is 1. The quantitative estimate of drug-likeness (QED) is 0.428. The minimum Gasteiger partial charge on any atom is -0.487 e. The maximum atomic E-state index is 12.7. The second kappa shape index (κ2) is 6.05. The summed E-state index contributed by atoms with van der Waals surface area (Å²) in [6.07, 6.45) is 6.61. The van der Waals surface area contributed by atoms with E-state index in [1.165, 1.54) is 6.21 Å². The molecule has 1 saturated heterocycles. The number of nitrogens with zero attached hydrogens (tertiary/aromatic N) is 2. The summed E-state index contributed by atoms with van der Waals surface area (Å²) in [5, 5.41) is 5.31. The average Bonchev–Trinajstić information content (AvgIpc) is 3.22. The van der Waals surface area contributed by atoms with Gasteiger partial charge < -0.3 is 4.74 Å². The fourth-order valence-corrected chi connectivity index (χ4v) is 4.54. The topological polar surface area (TPSA) is 59.0 Å².